The highest BCUT2D eigenvalue weighted by Gasteiger charge is 2.22. The molecule has 6 nitrogen and oxygen atoms in total. The fraction of sp³-hybridized carbons (Fsp3) is 0.312. The average molecular weight is 380 g/mol. The van der Waals surface area contributed by atoms with Gasteiger partial charge in [0.05, 0.1) is 21.5 Å². The lowest BCUT2D eigenvalue weighted by Gasteiger charge is -2.21. The fourth-order valence-electron chi connectivity index (χ4n) is 2.17. The molecule has 1 amide bonds. The van der Waals surface area contributed by atoms with Gasteiger partial charge in [-0.05, 0) is 61.0 Å². The predicted octanol–water partition coefficient (Wildman–Crippen LogP) is 2.80. The Kier molecular flexibility index (Phi) is 4.89. The maximum Gasteiger partial charge on any atom is 0.326 e. The highest BCUT2D eigenvalue weighted by Crippen LogP contribution is 2.23. The van der Waals surface area contributed by atoms with E-state index in [1.807, 2.05) is 13.8 Å². The number of halogens is 1. The maximum absolute atomic E-state index is 12.3. The van der Waals surface area contributed by atoms with Crippen LogP contribution in [0.3, 0.4) is 0 Å². The molecule has 1 unspecified atom stereocenters. The molecule has 0 saturated carbocycles. The number of aliphatic carboxylic acids is 1. The Hall–Kier alpha value is -2.15. The van der Waals surface area contributed by atoms with Gasteiger partial charge >= 0.3 is 5.97 Å². The summed E-state index contributed by atoms with van der Waals surface area (Å²) in [5.41, 5.74) is 3.13. The molecule has 0 saturated heterocycles. The zero-order valence-electron chi connectivity index (χ0n) is 13.4. The first-order valence-electron chi connectivity index (χ1n) is 7.06. The zero-order chi connectivity index (χ0) is 17.3. The number of rotatable bonds is 4. The Labute approximate surface area is 142 Å². The number of aryl methyl sites for hydroxylation is 1. The Morgan fingerprint density at radius 3 is 2.26 bits per heavy atom. The maximum atomic E-state index is 12.3. The van der Waals surface area contributed by atoms with Crippen LogP contribution >= 0.6 is 15.9 Å². The number of benzene rings is 1. The number of hydrogen-bond donors (Lipinski definition) is 1. The van der Waals surface area contributed by atoms with E-state index < -0.39 is 12.0 Å². The molecule has 23 heavy (non-hydrogen) atoms. The molecule has 0 fully saturated rings. The minimum atomic E-state index is -1.04. The van der Waals surface area contributed by atoms with Gasteiger partial charge in [0.1, 0.15) is 6.04 Å². The Morgan fingerprint density at radius 2 is 1.83 bits per heavy atom. The van der Waals surface area contributed by atoms with E-state index in [0.717, 1.165) is 21.5 Å². The first-order valence-corrected chi connectivity index (χ1v) is 7.85. The smallest absolute Gasteiger partial charge is 0.326 e. The number of carboxylic acids is 1. The number of carbonyl (C=O) groups is 2. The second-order valence-electron chi connectivity index (χ2n) is 5.37. The van der Waals surface area contributed by atoms with Crippen LogP contribution in [0.4, 0.5) is 0 Å². The summed E-state index contributed by atoms with van der Waals surface area (Å²) in [7, 11) is 1.48. The van der Waals surface area contributed by atoms with Crippen LogP contribution in [0.2, 0.25) is 0 Å². The molecular formula is C16H18BrN3O3. The molecule has 1 atom stereocenters. The van der Waals surface area contributed by atoms with Crippen molar-refractivity contribution in [1.29, 1.82) is 0 Å². The first kappa shape index (κ1) is 17.2. The van der Waals surface area contributed by atoms with Crippen molar-refractivity contribution in [2.75, 3.05) is 7.05 Å². The van der Waals surface area contributed by atoms with E-state index in [-0.39, 0.29) is 5.91 Å². The number of hydrogen-bond acceptors (Lipinski definition) is 3. The lowest BCUT2D eigenvalue weighted by atomic mass is 10.1. The largest absolute Gasteiger partial charge is 0.480 e. The van der Waals surface area contributed by atoms with E-state index in [0.29, 0.717) is 5.56 Å². The number of likely N-dealkylation sites (N-methyl/N-ethyl adjacent to an activating group) is 1. The number of aromatic nitrogens is 2. The zero-order valence-corrected chi connectivity index (χ0v) is 15.0. The molecule has 2 rings (SSSR count). The normalized spacial score (nSPS) is 12.0. The third-order valence-electron chi connectivity index (χ3n) is 3.82. The second-order valence-corrected chi connectivity index (χ2v) is 6.17. The minimum absolute atomic E-state index is 0.332. The SMILES string of the molecule is Cc1nn(-c2ccc(C(=O)N(C)C(C)C(=O)O)cc2)c(C)c1Br. The quantitative estimate of drug-likeness (QED) is 0.885. The number of amides is 1. The van der Waals surface area contributed by atoms with Crippen LogP contribution in [-0.4, -0.2) is 44.8 Å². The van der Waals surface area contributed by atoms with Gasteiger partial charge in [0.2, 0.25) is 0 Å². The summed E-state index contributed by atoms with van der Waals surface area (Å²) in [6.45, 7) is 5.33. The highest BCUT2D eigenvalue weighted by molar-refractivity contribution is 9.10. The standard InChI is InChI=1S/C16H18BrN3O3/c1-9-14(17)10(2)20(18-9)13-7-5-12(6-8-13)15(21)19(4)11(3)16(22)23/h5-8,11H,1-4H3,(H,22,23). The number of carbonyl (C=O) groups excluding carboxylic acids is 1. The number of nitrogens with zero attached hydrogens (tertiary/aromatic N) is 3. The van der Waals surface area contributed by atoms with Gasteiger partial charge in [-0.2, -0.15) is 5.10 Å². The molecule has 0 bridgehead atoms. The summed E-state index contributed by atoms with van der Waals surface area (Å²) in [6.07, 6.45) is 0. The van der Waals surface area contributed by atoms with E-state index in [2.05, 4.69) is 21.0 Å². The van der Waals surface area contributed by atoms with Crippen LogP contribution in [0, 0.1) is 13.8 Å². The van der Waals surface area contributed by atoms with Crippen molar-refractivity contribution in [2.45, 2.75) is 26.8 Å². The molecule has 0 radical (unpaired) electrons. The van der Waals surface area contributed by atoms with Gasteiger partial charge in [0.25, 0.3) is 5.91 Å². The average Bonchev–Trinajstić information content (AvgIpc) is 2.80. The van der Waals surface area contributed by atoms with E-state index in [1.165, 1.54) is 18.9 Å². The monoisotopic (exact) mass is 379 g/mol. The summed E-state index contributed by atoms with van der Waals surface area (Å²) in [5, 5.41) is 13.4. The van der Waals surface area contributed by atoms with Crippen molar-refractivity contribution in [3.8, 4) is 5.69 Å². The molecule has 1 N–H and O–H groups in total. The predicted molar refractivity (Wildman–Crippen MR) is 89.9 cm³/mol. The van der Waals surface area contributed by atoms with Gasteiger partial charge in [0, 0.05) is 12.6 Å². The summed E-state index contributed by atoms with van der Waals surface area (Å²) in [4.78, 5) is 24.5. The molecule has 0 aliphatic heterocycles. The Morgan fingerprint density at radius 1 is 1.26 bits per heavy atom. The van der Waals surface area contributed by atoms with Crippen molar-refractivity contribution in [3.05, 3.63) is 45.7 Å². The van der Waals surface area contributed by atoms with Crippen LogP contribution in [0.1, 0.15) is 28.7 Å². The molecule has 0 spiro atoms. The van der Waals surface area contributed by atoms with Gasteiger partial charge in [-0.15, -0.1) is 0 Å². The van der Waals surface area contributed by atoms with E-state index >= 15 is 0 Å². The van der Waals surface area contributed by atoms with Crippen molar-refractivity contribution >= 4 is 27.8 Å². The van der Waals surface area contributed by atoms with Gasteiger partial charge in [-0.25, -0.2) is 9.48 Å². The van der Waals surface area contributed by atoms with Gasteiger partial charge < -0.3 is 10.0 Å². The van der Waals surface area contributed by atoms with Crippen molar-refractivity contribution in [2.24, 2.45) is 0 Å². The van der Waals surface area contributed by atoms with Crippen LogP contribution < -0.4 is 0 Å². The van der Waals surface area contributed by atoms with Crippen LogP contribution in [0.15, 0.2) is 28.7 Å². The third kappa shape index (κ3) is 3.29. The molecule has 0 aliphatic carbocycles. The first-order chi connectivity index (χ1) is 10.7. The Balaban J connectivity index is 2.27. The summed E-state index contributed by atoms with van der Waals surface area (Å²) < 4.78 is 2.74. The molecule has 7 heteroatoms. The summed E-state index contributed by atoms with van der Waals surface area (Å²) in [5.74, 6) is -1.37. The van der Waals surface area contributed by atoms with Crippen molar-refractivity contribution in [1.82, 2.24) is 14.7 Å². The summed E-state index contributed by atoms with van der Waals surface area (Å²) >= 11 is 3.48. The molecule has 1 aromatic heterocycles. The Bertz CT molecular complexity index is 753. The van der Waals surface area contributed by atoms with Crippen LogP contribution in [-0.2, 0) is 4.79 Å². The fourth-order valence-corrected chi connectivity index (χ4v) is 2.41. The second kappa shape index (κ2) is 6.54. The molecule has 122 valence electrons. The molecule has 0 aliphatic rings. The van der Waals surface area contributed by atoms with Gasteiger partial charge in [0.15, 0.2) is 0 Å². The lowest BCUT2D eigenvalue weighted by Crippen LogP contribution is -2.40. The molecule has 1 aromatic carbocycles. The third-order valence-corrected chi connectivity index (χ3v) is 4.97. The van der Waals surface area contributed by atoms with Crippen LogP contribution in [0.5, 0.6) is 0 Å². The van der Waals surface area contributed by atoms with E-state index in [1.54, 1.807) is 28.9 Å². The summed E-state index contributed by atoms with van der Waals surface area (Å²) in [6, 6.07) is 6.05. The highest BCUT2D eigenvalue weighted by atomic mass is 79.9. The molecule has 2 aromatic rings. The lowest BCUT2D eigenvalue weighted by molar-refractivity contribution is -0.141. The van der Waals surface area contributed by atoms with Gasteiger partial charge in [-0.3, -0.25) is 4.79 Å². The van der Waals surface area contributed by atoms with E-state index in [4.69, 9.17) is 5.11 Å². The topological polar surface area (TPSA) is 75.4 Å². The van der Waals surface area contributed by atoms with Crippen molar-refractivity contribution in [3.63, 3.8) is 0 Å². The number of carboxylic acid groups (broad SMARTS) is 1. The van der Waals surface area contributed by atoms with E-state index in [9.17, 15) is 9.59 Å². The molecular weight excluding hydrogens is 362 g/mol. The van der Waals surface area contributed by atoms with Crippen molar-refractivity contribution < 1.29 is 14.7 Å². The van der Waals surface area contributed by atoms with Crippen LogP contribution in [0.25, 0.3) is 5.69 Å². The van der Waals surface area contributed by atoms with Gasteiger partial charge in [-0.1, -0.05) is 0 Å². The molecule has 1 heterocycles. The minimum Gasteiger partial charge on any atom is -0.480 e.